The maximum Gasteiger partial charge on any atom is 0.416 e. The van der Waals surface area contributed by atoms with E-state index in [0.29, 0.717) is 24.0 Å². The summed E-state index contributed by atoms with van der Waals surface area (Å²) >= 11 is 0. The molecule has 0 saturated carbocycles. The molecule has 30 heavy (non-hydrogen) atoms. The van der Waals surface area contributed by atoms with E-state index < -0.39 is 11.7 Å². The van der Waals surface area contributed by atoms with Gasteiger partial charge in [0, 0.05) is 19.3 Å². The molecular formula is C20H23F3IN5O. The smallest absolute Gasteiger partial charge is 0.416 e. The molecule has 0 bridgehead atoms. The monoisotopic (exact) mass is 533 g/mol. The molecule has 162 valence electrons. The molecule has 0 fully saturated rings. The van der Waals surface area contributed by atoms with Crippen LogP contribution in [0.3, 0.4) is 0 Å². The van der Waals surface area contributed by atoms with E-state index in [9.17, 15) is 13.2 Å². The molecule has 0 atom stereocenters. The lowest BCUT2D eigenvalue weighted by atomic mass is 10.1. The molecule has 0 radical (unpaired) electrons. The number of rotatable bonds is 5. The van der Waals surface area contributed by atoms with Crippen LogP contribution in [-0.2, 0) is 19.3 Å². The second-order valence-electron chi connectivity index (χ2n) is 6.54. The molecule has 3 rings (SSSR count). The van der Waals surface area contributed by atoms with Crippen LogP contribution < -0.4 is 10.6 Å². The van der Waals surface area contributed by atoms with Crippen LogP contribution in [0, 0.1) is 13.8 Å². The zero-order valence-electron chi connectivity index (χ0n) is 16.7. The largest absolute Gasteiger partial charge is 0.467 e. The Bertz CT molecular complexity index is 997. The van der Waals surface area contributed by atoms with Gasteiger partial charge in [0.1, 0.15) is 5.76 Å². The molecule has 2 N–H and O–H groups in total. The number of aryl methyl sites for hydroxylation is 2. The zero-order chi connectivity index (χ0) is 21.0. The fourth-order valence-electron chi connectivity index (χ4n) is 2.99. The van der Waals surface area contributed by atoms with E-state index in [1.165, 1.54) is 10.7 Å². The lowest BCUT2D eigenvalue weighted by Crippen LogP contribution is -2.36. The quantitative estimate of drug-likeness (QED) is 0.286. The normalized spacial score (nSPS) is 11.9. The van der Waals surface area contributed by atoms with Crippen LogP contribution >= 0.6 is 24.0 Å². The van der Waals surface area contributed by atoms with Gasteiger partial charge in [0.15, 0.2) is 5.96 Å². The third-order valence-electron chi connectivity index (χ3n) is 4.33. The molecule has 3 aromatic rings. The van der Waals surface area contributed by atoms with Crippen molar-refractivity contribution < 1.29 is 17.6 Å². The average Bonchev–Trinajstić information content (AvgIpc) is 3.30. The predicted octanol–water partition coefficient (Wildman–Crippen LogP) is 4.58. The number of guanidine groups is 1. The Morgan fingerprint density at radius 1 is 1.13 bits per heavy atom. The molecule has 0 saturated heterocycles. The van der Waals surface area contributed by atoms with Crippen molar-refractivity contribution in [1.29, 1.82) is 0 Å². The summed E-state index contributed by atoms with van der Waals surface area (Å²) < 4.78 is 47.7. The second-order valence-corrected chi connectivity index (χ2v) is 6.54. The summed E-state index contributed by atoms with van der Waals surface area (Å²) in [5.41, 5.74) is 1.28. The third-order valence-corrected chi connectivity index (χ3v) is 4.33. The van der Waals surface area contributed by atoms with E-state index in [-0.39, 0.29) is 36.1 Å². The highest BCUT2D eigenvalue weighted by Gasteiger charge is 2.33. The average molecular weight is 533 g/mol. The van der Waals surface area contributed by atoms with E-state index in [1.54, 1.807) is 45.4 Å². The van der Waals surface area contributed by atoms with Crippen molar-refractivity contribution in [1.82, 2.24) is 20.4 Å². The molecule has 0 unspecified atom stereocenters. The molecule has 2 heterocycles. The lowest BCUT2D eigenvalue weighted by molar-refractivity contribution is -0.138. The van der Waals surface area contributed by atoms with Gasteiger partial charge in [0.05, 0.1) is 29.8 Å². The molecule has 0 amide bonds. The summed E-state index contributed by atoms with van der Waals surface area (Å²) in [5, 5.41) is 10.2. The van der Waals surface area contributed by atoms with Crippen LogP contribution in [0.15, 0.2) is 52.1 Å². The number of nitrogens with zero attached hydrogens (tertiary/aromatic N) is 3. The lowest BCUT2D eigenvalue weighted by Gasteiger charge is -2.17. The van der Waals surface area contributed by atoms with Crippen molar-refractivity contribution in [2.45, 2.75) is 33.1 Å². The van der Waals surface area contributed by atoms with E-state index in [2.05, 4.69) is 20.7 Å². The zero-order valence-corrected chi connectivity index (χ0v) is 19.1. The van der Waals surface area contributed by atoms with E-state index in [1.807, 2.05) is 6.07 Å². The van der Waals surface area contributed by atoms with Crippen molar-refractivity contribution in [3.63, 3.8) is 0 Å². The van der Waals surface area contributed by atoms with Crippen molar-refractivity contribution in [2.75, 3.05) is 7.05 Å². The highest BCUT2D eigenvalue weighted by atomic mass is 127. The maximum absolute atomic E-state index is 13.7. The van der Waals surface area contributed by atoms with Gasteiger partial charge in [-0.2, -0.15) is 18.3 Å². The first-order valence-corrected chi connectivity index (χ1v) is 8.98. The van der Waals surface area contributed by atoms with E-state index in [4.69, 9.17) is 4.42 Å². The van der Waals surface area contributed by atoms with Crippen molar-refractivity contribution in [3.8, 4) is 5.69 Å². The Kier molecular flexibility index (Phi) is 7.93. The first-order chi connectivity index (χ1) is 13.8. The van der Waals surface area contributed by atoms with E-state index >= 15 is 0 Å². The summed E-state index contributed by atoms with van der Waals surface area (Å²) in [7, 11) is 1.55. The number of nitrogens with one attached hydrogen (secondary N) is 2. The predicted molar refractivity (Wildman–Crippen MR) is 119 cm³/mol. The molecule has 0 spiro atoms. The minimum absolute atomic E-state index is 0. The van der Waals surface area contributed by atoms with Gasteiger partial charge in [-0.1, -0.05) is 6.07 Å². The summed E-state index contributed by atoms with van der Waals surface area (Å²) in [6, 6.07) is 9.58. The van der Waals surface area contributed by atoms with Gasteiger partial charge in [-0.25, -0.2) is 4.68 Å². The number of alkyl halides is 3. The first-order valence-electron chi connectivity index (χ1n) is 8.98. The van der Waals surface area contributed by atoms with Crippen molar-refractivity contribution in [3.05, 3.63) is 70.9 Å². The van der Waals surface area contributed by atoms with Gasteiger partial charge < -0.3 is 15.1 Å². The molecule has 2 aromatic heterocycles. The summed E-state index contributed by atoms with van der Waals surface area (Å²) in [5.74, 6) is 1.07. The number of hydrogen-bond donors (Lipinski definition) is 2. The first kappa shape index (κ1) is 23.8. The van der Waals surface area contributed by atoms with E-state index in [0.717, 1.165) is 17.5 Å². The van der Waals surface area contributed by atoms with Gasteiger partial charge in [-0.3, -0.25) is 4.99 Å². The maximum atomic E-state index is 13.7. The number of furan rings is 1. The Balaban J connectivity index is 0.00000320. The minimum Gasteiger partial charge on any atom is -0.467 e. The Labute approximate surface area is 189 Å². The molecular weight excluding hydrogens is 510 g/mol. The van der Waals surface area contributed by atoms with Crippen LogP contribution in [0.25, 0.3) is 5.69 Å². The standard InChI is InChI=1S/C20H22F3N5O.HI/c1-13-9-14(2)28(27-13)16-7-6-15(18(10-16)20(21,22)23)11-25-19(24-3)26-12-17-5-4-8-29-17;/h4-10H,11-12H2,1-3H3,(H2,24,25,26);1H. The van der Waals surface area contributed by atoms with Gasteiger partial charge in [0.2, 0.25) is 0 Å². The Morgan fingerprint density at radius 3 is 2.43 bits per heavy atom. The fourth-order valence-corrected chi connectivity index (χ4v) is 2.99. The molecule has 1 aromatic carbocycles. The van der Waals surface area contributed by atoms with Crippen LogP contribution in [0.1, 0.15) is 28.3 Å². The number of hydrogen-bond acceptors (Lipinski definition) is 3. The van der Waals surface area contributed by atoms with Crippen LogP contribution in [0.4, 0.5) is 13.2 Å². The number of halogens is 4. The van der Waals surface area contributed by atoms with Gasteiger partial charge in [-0.05, 0) is 49.7 Å². The van der Waals surface area contributed by atoms with Gasteiger partial charge in [-0.15, -0.1) is 24.0 Å². The topological polar surface area (TPSA) is 67.4 Å². The minimum atomic E-state index is -4.49. The van der Waals surface area contributed by atoms with Crippen molar-refractivity contribution in [2.24, 2.45) is 4.99 Å². The van der Waals surface area contributed by atoms with Gasteiger partial charge in [0.25, 0.3) is 0 Å². The van der Waals surface area contributed by atoms with Gasteiger partial charge >= 0.3 is 6.18 Å². The Morgan fingerprint density at radius 2 is 1.87 bits per heavy atom. The number of aliphatic imine (C=N–C) groups is 1. The molecule has 0 aliphatic carbocycles. The molecule has 0 aliphatic heterocycles. The summed E-state index contributed by atoms with van der Waals surface area (Å²) in [4.78, 5) is 4.03. The van der Waals surface area contributed by atoms with Crippen LogP contribution in [0.5, 0.6) is 0 Å². The fraction of sp³-hybridized carbons (Fsp3) is 0.300. The summed E-state index contributed by atoms with van der Waals surface area (Å²) in [6.45, 7) is 3.94. The highest BCUT2D eigenvalue weighted by Crippen LogP contribution is 2.33. The third kappa shape index (κ3) is 5.77. The highest BCUT2D eigenvalue weighted by molar-refractivity contribution is 14.0. The molecule has 0 aliphatic rings. The molecule has 6 nitrogen and oxygen atoms in total. The van der Waals surface area contributed by atoms with Crippen LogP contribution in [-0.4, -0.2) is 22.8 Å². The summed E-state index contributed by atoms with van der Waals surface area (Å²) in [6.07, 6.45) is -2.94. The number of benzene rings is 1. The van der Waals surface area contributed by atoms with Crippen molar-refractivity contribution >= 4 is 29.9 Å². The van der Waals surface area contributed by atoms with Crippen LogP contribution in [0.2, 0.25) is 0 Å². The molecule has 10 heteroatoms. The Hall–Kier alpha value is -2.50. The second kappa shape index (κ2) is 10.0. The SMILES string of the molecule is CN=C(NCc1ccco1)NCc1ccc(-n2nc(C)cc2C)cc1C(F)(F)F.I. The number of aromatic nitrogens is 2.